The number of benzene rings is 2. The summed E-state index contributed by atoms with van der Waals surface area (Å²) in [7, 11) is 0. The van der Waals surface area contributed by atoms with E-state index in [9.17, 15) is 0 Å². The van der Waals surface area contributed by atoms with Crippen LogP contribution in [0.15, 0.2) is 81.8 Å². The summed E-state index contributed by atoms with van der Waals surface area (Å²) in [5.74, 6) is 1.65. The van der Waals surface area contributed by atoms with Gasteiger partial charge in [-0.25, -0.2) is 0 Å². The maximum Gasteiger partial charge on any atom is 0.174 e. The van der Waals surface area contributed by atoms with Gasteiger partial charge in [-0.2, -0.15) is 0 Å². The van der Waals surface area contributed by atoms with Gasteiger partial charge in [0.15, 0.2) is 5.11 Å². The molecule has 1 saturated heterocycles. The van der Waals surface area contributed by atoms with E-state index in [1.807, 2.05) is 36.5 Å². The first kappa shape index (κ1) is 21.9. The Kier molecular flexibility index (Phi) is 5.81. The molecule has 0 bridgehead atoms. The molecule has 2 aromatic heterocycles. The van der Waals surface area contributed by atoms with Gasteiger partial charge in [-0.3, -0.25) is 4.98 Å². The van der Waals surface area contributed by atoms with Crippen LogP contribution >= 0.6 is 28.1 Å². The lowest BCUT2D eigenvalue weighted by Crippen LogP contribution is -2.29. The van der Waals surface area contributed by atoms with Gasteiger partial charge in [0.05, 0.1) is 11.7 Å². The van der Waals surface area contributed by atoms with E-state index in [0.717, 1.165) is 32.9 Å². The van der Waals surface area contributed by atoms with Crippen molar-refractivity contribution >= 4 is 38.9 Å². The predicted octanol–water partition coefficient (Wildman–Crippen LogP) is 7.21. The van der Waals surface area contributed by atoms with E-state index < -0.39 is 0 Å². The van der Waals surface area contributed by atoms with Crippen LogP contribution in [0.5, 0.6) is 0 Å². The molecule has 6 heteroatoms. The molecule has 1 N–H and O–H groups in total. The minimum atomic E-state index is -0.174. The van der Waals surface area contributed by atoms with Crippen molar-refractivity contribution in [3.63, 3.8) is 0 Å². The lowest BCUT2D eigenvalue weighted by molar-refractivity contribution is 0.439. The van der Waals surface area contributed by atoms with Crippen molar-refractivity contribution in [3.8, 4) is 11.3 Å². The summed E-state index contributed by atoms with van der Waals surface area (Å²) in [6.45, 7) is 6.31. The van der Waals surface area contributed by atoms with Crippen LogP contribution in [0.4, 0.5) is 5.69 Å². The average Bonchev–Trinajstić information content (AvgIpc) is 3.41. The summed E-state index contributed by atoms with van der Waals surface area (Å²) >= 11 is 9.51. The summed E-state index contributed by atoms with van der Waals surface area (Å²) in [4.78, 5) is 6.77. The summed E-state index contributed by atoms with van der Waals surface area (Å²) in [6, 6.07) is 22.4. The lowest BCUT2D eigenvalue weighted by Gasteiger charge is -2.26. The Bertz CT molecular complexity index is 1330. The van der Waals surface area contributed by atoms with Crippen molar-refractivity contribution in [2.75, 3.05) is 4.90 Å². The Hall–Kier alpha value is -2.96. The van der Waals surface area contributed by atoms with E-state index >= 15 is 0 Å². The summed E-state index contributed by atoms with van der Waals surface area (Å²) in [6.07, 6.45) is 1.81. The number of pyridine rings is 1. The fourth-order valence-corrected chi connectivity index (χ4v) is 5.31. The number of anilines is 1. The van der Waals surface area contributed by atoms with Gasteiger partial charge in [0.2, 0.25) is 0 Å². The Morgan fingerprint density at radius 3 is 2.55 bits per heavy atom. The first-order valence-corrected chi connectivity index (χ1v) is 12.1. The number of rotatable bonds is 4. The van der Waals surface area contributed by atoms with Crippen LogP contribution in [0, 0.1) is 20.8 Å². The maximum atomic E-state index is 6.48. The quantitative estimate of drug-likeness (QED) is 0.289. The van der Waals surface area contributed by atoms with Gasteiger partial charge in [0, 0.05) is 21.9 Å². The van der Waals surface area contributed by atoms with Crippen molar-refractivity contribution < 1.29 is 4.42 Å². The van der Waals surface area contributed by atoms with Gasteiger partial charge in [-0.1, -0.05) is 34.1 Å². The average molecular weight is 518 g/mol. The highest BCUT2D eigenvalue weighted by molar-refractivity contribution is 9.10. The number of nitrogens with one attached hydrogen (secondary N) is 1. The molecule has 0 spiro atoms. The Balaban J connectivity index is 1.61. The second kappa shape index (κ2) is 8.76. The molecule has 5 rings (SSSR count). The number of hydrogen-bond donors (Lipinski definition) is 1. The molecule has 1 aliphatic heterocycles. The van der Waals surface area contributed by atoms with Crippen molar-refractivity contribution in [1.29, 1.82) is 0 Å². The number of hydrogen-bond acceptors (Lipinski definition) is 3. The van der Waals surface area contributed by atoms with Gasteiger partial charge in [-0.15, -0.1) is 0 Å². The van der Waals surface area contributed by atoms with Gasteiger partial charge < -0.3 is 14.6 Å². The molecule has 3 heterocycles. The highest BCUT2D eigenvalue weighted by atomic mass is 79.9. The first-order valence-electron chi connectivity index (χ1n) is 10.9. The second-order valence-electron chi connectivity index (χ2n) is 8.45. The molecule has 4 nitrogen and oxygen atoms in total. The van der Waals surface area contributed by atoms with Crippen LogP contribution < -0.4 is 10.2 Å². The van der Waals surface area contributed by atoms with Crippen LogP contribution in [0.2, 0.25) is 0 Å². The Morgan fingerprint density at radius 1 is 0.970 bits per heavy atom. The fourth-order valence-electron chi connectivity index (χ4n) is 4.27. The Morgan fingerprint density at radius 2 is 1.82 bits per heavy atom. The molecule has 1 aliphatic rings. The SMILES string of the molecule is Cc1ccc(-c2ccc([C@@H]3[C@@H](c4ccccn4)NC(=S)N3c3ccc(C)c(C)c3)o2)c(Br)c1. The molecule has 0 amide bonds. The standard InChI is InChI=1S/C27H24BrN3OS/c1-16-7-10-20(21(28)14-16)23-11-12-24(32-23)26-25(22-6-4-5-13-29-22)30-27(33)31(26)19-9-8-17(2)18(3)15-19/h4-15,25-26H,1-3H3,(H,30,33)/t25-,26-/m1/s1. The molecule has 2 aromatic carbocycles. The van der Waals surface area contributed by atoms with Crippen molar-refractivity contribution in [2.24, 2.45) is 0 Å². The van der Waals surface area contributed by atoms with Crippen molar-refractivity contribution in [3.05, 3.63) is 106 Å². The molecule has 0 radical (unpaired) electrons. The van der Waals surface area contributed by atoms with E-state index in [1.165, 1.54) is 16.7 Å². The van der Waals surface area contributed by atoms with E-state index in [-0.39, 0.29) is 12.1 Å². The normalized spacial score (nSPS) is 17.9. The summed E-state index contributed by atoms with van der Waals surface area (Å²) in [5, 5.41) is 4.16. The molecule has 166 valence electrons. The summed E-state index contributed by atoms with van der Waals surface area (Å²) < 4.78 is 7.49. The molecular weight excluding hydrogens is 494 g/mol. The largest absolute Gasteiger partial charge is 0.459 e. The van der Waals surface area contributed by atoms with Gasteiger partial charge in [0.1, 0.15) is 17.6 Å². The van der Waals surface area contributed by atoms with Crippen LogP contribution in [-0.4, -0.2) is 10.1 Å². The topological polar surface area (TPSA) is 41.3 Å². The molecule has 33 heavy (non-hydrogen) atoms. The van der Waals surface area contributed by atoms with E-state index in [2.05, 4.69) is 88.3 Å². The van der Waals surface area contributed by atoms with Gasteiger partial charge in [0.25, 0.3) is 0 Å². The molecule has 1 fully saturated rings. The monoisotopic (exact) mass is 517 g/mol. The number of halogens is 1. The third kappa shape index (κ3) is 4.09. The Labute approximate surface area is 207 Å². The van der Waals surface area contributed by atoms with E-state index in [1.54, 1.807) is 0 Å². The number of nitrogens with zero attached hydrogens (tertiary/aromatic N) is 2. The first-order chi connectivity index (χ1) is 15.9. The van der Waals surface area contributed by atoms with Crippen LogP contribution in [0.3, 0.4) is 0 Å². The van der Waals surface area contributed by atoms with Gasteiger partial charge >= 0.3 is 0 Å². The highest BCUT2D eigenvalue weighted by Gasteiger charge is 2.42. The number of aryl methyl sites for hydroxylation is 3. The molecule has 0 unspecified atom stereocenters. The number of aromatic nitrogens is 1. The van der Waals surface area contributed by atoms with E-state index in [4.69, 9.17) is 16.6 Å². The minimum Gasteiger partial charge on any atom is -0.459 e. The fraction of sp³-hybridized carbons (Fsp3) is 0.185. The maximum absolute atomic E-state index is 6.48. The highest BCUT2D eigenvalue weighted by Crippen LogP contribution is 2.43. The smallest absolute Gasteiger partial charge is 0.174 e. The van der Waals surface area contributed by atoms with Crippen molar-refractivity contribution in [1.82, 2.24) is 10.3 Å². The van der Waals surface area contributed by atoms with Gasteiger partial charge in [-0.05, 0) is 98.2 Å². The zero-order valence-electron chi connectivity index (χ0n) is 18.7. The number of furan rings is 1. The summed E-state index contributed by atoms with van der Waals surface area (Å²) in [5.41, 5.74) is 6.64. The molecule has 2 atom stereocenters. The molecular formula is C27H24BrN3OS. The lowest BCUT2D eigenvalue weighted by atomic mass is 10.0. The number of thiocarbonyl (C=S) groups is 1. The molecule has 4 aromatic rings. The van der Waals surface area contributed by atoms with E-state index in [0.29, 0.717) is 5.11 Å². The predicted molar refractivity (Wildman–Crippen MR) is 140 cm³/mol. The van der Waals surface area contributed by atoms with Crippen LogP contribution in [0.25, 0.3) is 11.3 Å². The van der Waals surface area contributed by atoms with Crippen molar-refractivity contribution in [2.45, 2.75) is 32.9 Å². The van der Waals surface area contributed by atoms with Crippen LogP contribution in [0.1, 0.15) is 40.2 Å². The minimum absolute atomic E-state index is 0.138. The molecule has 0 saturated carbocycles. The molecule has 0 aliphatic carbocycles. The third-order valence-corrected chi connectivity index (χ3v) is 7.15. The second-order valence-corrected chi connectivity index (χ2v) is 9.69. The third-order valence-electron chi connectivity index (χ3n) is 6.18. The zero-order chi connectivity index (χ0) is 23.1. The zero-order valence-corrected chi connectivity index (χ0v) is 21.1. The van der Waals surface area contributed by atoms with Crippen LogP contribution in [-0.2, 0) is 0 Å².